The molecule has 0 aliphatic rings. The van der Waals surface area contributed by atoms with Gasteiger partial charge < -0.3 is 5.32 Å². The summed E-state index contributed by atoms with van der Waals surface area (Å²) in [5.41, 5.74) is 2.17. The first-order valence-corrected chi connectivity index (χ1v) is 6.23. The number of hydrogen-bond acceptors (Lipinski definition) is 4. The van der Waals surface area contributed by atoms with Crippen LogP contribution in [0, 0.1) is 6.92 Å². The lowest BCUT2D eigenvalue weighted by molar-refractivity contribution is -0.0756. The summed E-state index contributed by atoms with van der Waals surface area (Å²) in [5.74, 6) is 0.267. The van der Waals surface area contributed by atoms with Gasteiger partial charge >= 0.3 is 0 Å². The molecular weight excluding hydrogens is 254 g/mol. The number of hydroxylamine groups is 2. The molecule has 5 nitrogen and oxygen atoms in total. The molecule has 2 rings (SSSR count). The van der Waals surface area contributed by atoms with Crippen LogP contribution in [0.5, 0.6) is 0 Å². The maximum atomic E-state index is 12.2. The number of anilines is 2. The third-order valence-corrected chi connectivity index (χ3v) is 2.86. The van der Waals surface area contributed by atoms with Gasteiger partial charge in [0, 0.05) is 18.4 Å². The number of amides is 1. The van der Waals surface area contributed by atoms with Crippen LogP contribution in [0.2, 0.25) is 0 Å². The van der Waals surface area contributed by atoms with Gasteiger partial charge in [-0.1, -0.05) is 18.2 Å². The third-order valence-electron chi connectivity index (χ3n) is 2.86. The smallest absolute Gasteiger partial charge is 0.280 e. The van der Waals surface area contributed by atoms with E-state index >= 15 is 0 Å². The van der Waals surface area contributed by atoms with Gasteiger partial charge in [-0.25, -0.2) is 10.0 Å². The van der Waals surface area contributed by atoms with Crippen molar-refractivity contribution in [3.63, 3.8) is 0 Å². The van der Waals surface area contributed by atoms with Crippen LogP contribution < -0.4 is 5.32 Å². The molecule has 1 amide bonds. The van der Waals surface area contributed by atoms with E-state index in [9.17, 15) is 4.79 Å². The van der Waals surface area contributed by atoms with Crippen molar-refractivity contribution in [3.8, 4) is 0 Å². The van der Waals surface area contributed by atoms with Crippen molar-refractivity contribution in [3.05, 3.63) is 53.7 Å². The van der Waals surface area contributed by atoms with E-state index in [-0.39, 0.29) is 5.91 Å². The molecule has 20 heavy (non-hydrogen) atoms. The molecule has 0 saturated heterocycles. The van der Waals surface area contributed by atoms with Gasteiger partial charge in [0.25, 0.3) is 5.91 Å². The third kappa shape index (κ3) is 3.13. The molecule has 1 aromatic heterocycles. The quantitative estimate of drug-likeness (QED) is 0.869. The van der Waals surface area contributed by atoms with Gasteiger partial charge in [0.1, 0.15) is 5.82 Å². The van der Waals surface area contributed by atoms with E-state index in [0.717, 1.165) is 11.4 Å². The zero-order chi connectivity index (χ0) is 14.5. The SMILES string of the molecule is CON(C)C(=O)c1ccc(C)nc1Nc1ccccc1. The summed E-state index contributed by atoms with van der Waals surface area (Å²) in [4.78, 5) is 21.5. The molecule has 1 aromatic carbocycles. The Morgan fingerprint density at radius 1 is 1.20 bits per heavy atom. The second-order valence-corrected chi connectivity index (χ2v) is 4.33. The largest absolute Gasteiger partial charge is 0.340 e. The predicted octanol–water partition coefficient (Wildman–Crippen LogP) is 2.77. The highest BCUT2D eigenvalue weighted by Gasteiger charge is 2.17. The number of rotatable bonds is 4. The van der Waals surface area contributed by atoms with Gasteiger partial charge in [0.15, 0.2) is 0 Å². The fraction of sp³-hybridized carbons (Fsp3) is 0.200. The average molecular weight is 271 g/mol. The molecule has 0 unspecified atom stereocenters. The maximum absolute atomic E-state index is 12.2. The topological polar surface area (TPSA) is 54.5 Å². The fourth-order valence-electron chi connectivity index (χ4n) is 1.74. The van der Waals surface area contributed by atoms with Gasteiger partial charge in [-0.3, -0.25) is 9.63 Å². The highest BCUT2D eigenvalue weighted by molar-refractivity contribution is 5.98. The van der Waals surface area contributed by atoms with E-state index in [1.807, 2.05) is 37.3 Å². The van der Waals surface area contributed by atoms with E-state index in [0.29, 0.717) is 11.4 Å². The molecule has 1 N–H and O–H groups in total. The van der Waals surface area contributed by atoms with Gasteiger partial charge in [-0.05, 0) is 31.2 Å². The van der Waals surface area contributed by atoms with Crippen molar-refractivity contribution in [1.82, 2.24) is 10.0 Å². The first kappa shape index (κ1) is 14.0. The molecule has 0 aliphatic carbocycles. The summed E-state index contributed by atoms with van der Waals surface area (Å²) < 4.78 is 0. The minimum Gasteiger partial charge on any atom is -0.340 e. The first-order chi connectivity index (χ1) is 9.61. The Bertz CT molecular complexity index is 599. The van der Waals surface area contributed by atoms with Crippen molar-refractivity contribution >= 4 is 17.4 Å². The lowest BCUT2D eigenvalue weighted by atomic mass is 10.2. The number of para-hydroxylation sites is 1. The van der Waals surface area contributed by atoms with Gasteiger partial charge in [0.2, 0.25) is 0 Å². The zero-order valence-electron chi connectivity index (χ0n) is 11.8. The Hall–Kier alpha value is -2.40. The minimum atomic E-state index is -0.251. The molecule has 2 aromatic rings. The van der Waals surface area contributed by atoms with Crippen molar-refractivity contribution in [2.24, 2.45) is 0 Å². The van der Waals surface area contributed by atoms with Gasteiger partial charge in [-0.15, -0.1) is 0 Å². The molecule has 0 fully saturated rings. The van der Waals surface area contributed by atoms with E-state index in [1.54, 1.807) is 19.2 Å². The van der Waals surface area contributed by atoms with Crippen LogP contribution >= 0.6 is 0 Å². The Morgan fingerprint density at radius 2 is 1.90 bits per heavy atom. The summed E-state index contributed by atoms with van der Waals surface area (Å²) in [6.07, 6.45) is 0. The van der Waals surface area contributed by atoms with Crippen LogP contribution in [0.1, 0.15) is 16.1 Å². The average Bonchev–Trinajstić information content (AvgIpc) is 2.47. The Kier molecular flexibility index (Phi) is 4.32. The van der Waals surface area contributed by atoms with Crippen molar-refractivity contribution in [1.29, 1.82) is 0 Å². The van der Waals surface area contributed by atoms with Crippen LogP contribution in [-0.2, 0) is 4.84 Å². The molecule has 0 aliphatic heterocycles. The summed E-state index contributed by atoms with van der Waals surface area (Å²) in [6.45, 7) is 1.88. The maximum Gasteiger partial charge on any atom is 0.280 e. The summed E-state index contributed by atoms with van der Waals surface area (Å²) in [5, 5.41) is 4.33. The highest BCUT2D eigenvalue weighted by Crippen LogP contribution is 2.20. The number of aromatic nitrogens is 1. The Morgan fingerprint density at radius 3 is 2.55 bits per heavy atom. The second-order valence-electron chi connectivity index (χ2n) is 4.33. The number of pyridine rings is 1. The van der Waals surface area contributed by atoms with E-state index in [4.69, 9.17) is 4.84 Å². The molecule has 0 saturated carbocycles. The standard InChI is InChI=1S/C15H17N3O2/c1-11-9-10-13(15(19)18(2)20-3)14(16-11)17-12-7-5-4-6-8-12/h4-10H,1-3H3,(H,16,17). The number of carbonyl (C=O) groups is 1. The lowest BCUT2D eigenvalue weighted by Crippen LogP contribution is -2.26. The normalized spacial score (nSPS) is 10.2. The van der Waals surface area contributed by atoms with Gasteiger partial charge in [0.05, 0.1) is 12.7 Å². The monoisotopic (exact) mass is 271 g/mol. The van der Waals surface area contributed by atoms with Crippen LogP contribution in [-0.4, -0.2) is 30.1 Å². The first-order valence-electron chi connectivity index (χ1n) is 6.23. The predicted molar refractivity (Wildman–Crippen MR) is 77.8 cm³/mol. The van der Waals surface area contributed by atoms with E-state index < -0.39 is 0 Å². The molecule has 0 spiro atoms. The van der Waals surface area contributed by atoms with E-state index in [2.05, 4.69) is 10.3 Å². The summed E-state index contributed by atoms with van der Waals surface area (Å²) in [7, 11) is 3.01. The number of hydrogen-bond donors (Lipinski definition) is 1. The summed E-state index contributed by atoms with van der Waals surface area (Å²) in [6, 6.07) is 13.1. The van der Waals surface area contributed by atoms with Crippen molar-refractivity contribution < 1.29 is 9.63 Å². The van der Waals surface area contributed by atoms with Crippen LogP contribution in [0.15, 0.2) is 42.5 Å². The number of aryl methyl sites for hydroxylation is 1. The second kappa shape index (κ2) is 6.16. The van der Waals surface area contributed by atoms with Crippen molar-refractivity contribution in [2.75, 3.05) is 19.5 Å². The molecule has 1 heterocycles. The molecule has 0 atom stereocenters. The zero-order valence-corrected chi connectivity index (χ0v) is 11.8. The Labute approximate surface area is 118 Å². The Balaban J connectivity index is 2.36. The number of benzene rings is 1. The van der Waals surface area contributed by atoms with Crippen LogP contribution in [0.4, 0.5) is 11.5 Å². The fourth-order valence-corrected chi connectivity index (χ4v) is 1.74. The minimum absolute atomic E-state index is 0.251. The summed E-state index contributed by atoms with van der Waals surface area (Å²) >= 11 is 0. The van der Waals surface area contributed by atoms with Crippen LogP contribution in [0.25, 0.3) is 0 Å². The molecular formula is C15H17N3O2. The lowest BCUT2D eigenvalue weighted by Gasteiger charge is -2.16. The molecule has 5 heteroatoms. The van der Waals surface area contributed by atoms with E-state index in [1.165, 1.54) is 12.2 Å². The van der Waals surface area contributed by atoms with Gasteiger partial charge in [-0.2, -0.15) is 0 Å². The number of nitrogens with one attached hydrogen (secondary N) is 1. The van der Waals surface area contributed by atoms with Crippen LogP contribution in [0.3, 0.4) is 0 Å². The highest BCUT2D eigenvalue weighted by atomic mass is 16.7. The molecule has 0 radical (unpaired) electrons. The van der Waals surface area contributed by atoms with Crippen molar-refractivity contribution in [2.45, 2.75) is 6.92 Å². The molecule has 104 valence electrons. The number of carbonyl (C=O) groups excluding carboxylic acids is 1. The molecule has 0 bridgehead atoms. The number of nitrogens with zero attached hydrogens (tertiary/aromatic N) is 2.